The number of methoxy groups -OCH3 is 1. The lowest BCUT2D eigenvalue weighted by atomic mass is 9.80. The first-order valence-corrected chi connectivity index (χ1v) is 17.3. The highest BCUT2D eigenvalue weighted by Crippen LogP contribution is 2.42. The molecular weight excluding hydrogens is 635 g/mol. The Hall–Kier alpha value is -3.74. The smallest absolute Gasteiger partial charge is 0.422 e. The molecule has 1 amide bonds. The van der Waals surface area contributed by atoms with Crippen LogP contribution < -0.4 is 9.47 Å². The average Bonchev–Trinajstić information content (AvgIpc) is 3.94. The van der Waals surface area contributed by atoms with Crippen molar-refractivity contribution in [1.29, 1.82) is 0 Å². The first-order valence-electron chi connectivity index (χ1n) is 17.3. The van der Waals surface area contributed by atoms with Gasteiger partial charge in [0.05, 0.1) is 31.3 Å². The SMILES string of the molecule is CCC1(C(=O)N2CCN3[C@H](CN(Cc4c(OC)nc(C5CC5)nc4OCC(F)(F)F)C[C@H]3C(c3ccccc3)c3ccccc3)C2)COC1. The predicted octanol–water partition coefficient (Wildman–Crippen LogP) is 5.26. The van der Waals surface area contributed by atoms with E-state index >= 15 is 0 Å². The monoisotopic (exact) mass is 679 g/mol. The minimum Gasteiger partial charge on any atom is -0.481 e. The van der Waals surface area contributed by atoms with Gasteiger partial charge >= 0.3 is 6.18 Å². The Morgan fingerprint density at radius 1 is 0.959 bits per heavy atom. The molecule has 0 radical (unpaired) electrons. The summed E-state index contributed by atoms with van der Waals surface area (Å²) in [5.41, 5.74) is 2.29. The molecule has 12 heteroatoms. The molecule has 0 unspecified atom stereocenters. The summed E-state index contributed by atoms with van der Waals surface area (Å²) < 4.78 is 56.8. The van der Waals surface area contributed by atoms with Crippen LogP contribution >= 0.6 is 0 Å². The van der Waals surface area contributed by atoms with Crippen molar-refractivity contribution in [2.75, 3.05) is 59.7 Å². The number of amides is 1. The molecule has 7 rings (SSSR count). The summed E-state index contributed by atoms with van der Waals surface area (Å²) in [5.74, 6) is 0.869. The van der Waals surface area contributed by atoms with Gasteiger partial charge in [0.25, 0.3) is 0 Å². The molecule has 1 aliphatic carbocycles. The second-order valence-electron chi connectivity index (χ2n) is 13.9. The highest BCUT2D eigenvalue weighted by Gasteiger charge is 2.50. The lowest BCUT2D eigenvalue weighted by Crippen LogP contribution is -2.69. The van der Waals surface area contributed by atoms with Crippen molar-refractivity contribution in [3.8, 4) is 11.8 Å². The zero-order valence-corrected chi connectivity index (χ0v) is 28.1. The van der Waals surface area contributed by atoms with Crippen molar-refractivity contribution in [3.63, 3.8) is 0 Å². The van der Waals surface area contributed by atoms with Crippen molar-refractivity contribution < 1.29 is 32.2 Å². The molecule has 49 heavy (non-hydrogen) atoms. The molecule has 9 nitrogen and oxygen atoms in total. The molecule has 3 saturated heterocycles. The van der Waals surface area contributed by atoms with E-state index in [1.165, 1.54) is 18.2 Å². The van der Waals surface area contributed by atoms with Crippen LogP contribution in [0.4, 0.5) is 13.2 Å². The molecule has 3 aromatic rings. The number of hydrogen-bond acceptors (Lipinski definition) is 8. The van der Waals surface area contributed by atoms with E-state index in [2.05, 4.69) is 68.3 Å². The number of nitrogens with zero attached hydrogens (tertiary/aromatic N) is 5. The number of fused-ring (bicyclic) bond motifs is 1. The molecule has 3 aliphatic heterocycles. The van der Waals surface area contributed by atoms with Gasteiger partial charge < -0.3 is 19.1 Å². The van der Waals surface area contributed by atoms with Gasteiger partial charge in [-0.1, -0.05) is 67.6 Å². The number of benzene rings is 2. The highest BCUT2D eigenvalue weighted by molar-refractivity contribution is 5.84. The summed E-state index contributed by atoms with van der Waals surface area (Å²) in [6.07, 6.45) is -2.03. The first-order chi connectivity index (χ1) is 23.7. The van der Waals surface area contributed by atoms with E-state index in [0.717, 1.165) is 19.3 Å². The third-order valence-electron chi connectivity index (χ3n) is 10.6. The quantitative estimate of drug-likeness (QED) is 0.272. The van der Waals surface area contributed by atoms with E-state index in [4.69, 9.17) is 14.2 Å². The molecule has 0 N–H and O–H groups in total. The second-order valence-corrected chi connectivity index (χ2v) is 13.9. The molecule has 4 heterocycles. The van der Waals surface area contributed by atoms with Gasteiger partial charge in [-0.3, -0.25) is 14.6 Å². The summed E-state index contributed by atoms with van der Waals surface area (Å²) in [6, 6.07) is 20.9. The van der Waals surface area contributed by atoms with Crippen LogP contribution in [0.25, 0.3) is 0 Å². The van der Waals surface area contributed by atoms with Crippen LogP contribution in [0, 0.1) is 5.41 Å². The third-order valence-corrected chi connectivity index (χ3v) is 10.6. The van der Waals surface area contributed by atoms with E-state index in [1.807, 2.05) is 24.0 Å². The average molecular weight is 680 g/mol. The Kier molecular flexibility index (Phi) is 9.56. The number of rotatable bonds is 11. The van der Waals surface area contributed by atoms with Crippen LogP contribution in [-0.2, 0) is 16.1 Å². The third kappa shape index (κ3) is 7.13. The number of halogens is 3. The van der Waals surface area contributed by atoms with Crippen LogP contribution in [0.15, 0.2) is 60.7 Å². The van der Waals surface area contributed by atoms with E-state index < -0.39 is 18.2 Å². The summed E-state index contributed by atoms with van der Waals surface area (Å²) in [6.45, 7) is 4.84. The van der Waals surface area contributed by atoms with Gasteiger partial charge in [0, 0.05) is 63.2 Å². The van der Waals surface area contributed by atoms with Gasteiger partial charge in [0.2, 0.25) is 17.7 Å². The Morgan fingerprint density at radius 3 is 2.16 bits per heavy atom. The molecule has 1 aromatic heterocycles. The Morgan fingerprint density at radius 2 is 1.61 bits per heavy atom. The van der Waals surface area contributed by atoms with Crippen LogP contribution in [0.2, 0.25) is 0 Å². The molecular formula is C37H44F3N5O4. The summed E-state index contributed by atoms with van der Waals surface area (Å²) in [7, 11) is 1.48. The van der Waals surface area contributed by atoms with Crippen molar-refractivity contribution in [1.82, 2.24) is 24.7 Å². The molecule has 4 fully saturated rings. The molecule has 0 bridgehead atoms. The fraction of sp³-hybridized carbons (Fsp3) is 0.541. The number of ether oxygens (including phenoxy) is 3. The normalized spacial score (nSPS) is 22.8. The van der Waals surface area contributed by atoms with Gasteiger partial charge in [0.15, 0.2) is 6.61 Å². The van der Waals surface area contributed by atoms with Crippen LogP contribution in [-0.4, -0.2) is 108 Å². The topological polar surface area (TPSA) is 80.3 Å². The van der Waals surface area contributed by atoms with Crippen LogP contribution in [0.5, 0.6) is 11.8 Å². The predicted molar refractivity (Wildman–Crippen MR) is 177 cm³/mol. The Bertz CT molecular complexity index is 1560. The number of aromatic nitrogens is 2. The number of carbonyl (C=O) groups is 1. The fourth-order valence-electron chi connectivity index (χ4n) is 7.72. The van der Waals surface area contributed by atoms with Gasteiger partial charge in [-0.2, -0.15) is 23.1 Å². The number of alkyl halides is 3. The number of carbonyl (C=O) groups excluding carboxylic acids is 1. The van der Waals surface area contributed by atoms with Gasteiger partial charge in [-0.15, -0.1) is 0 Å². The Balaban J connectivity index is 1.25. The minimum absolute atomic E-state index is 0.00478. The second kappa shape index (κ2) is 13.9. The van der Waals surface area contributed by atoms with Gasteiger partial charge in [-0.05, 0) is 30.4 Å². The number of piperazine rings is 2. The van der Waals surface area contributed by atoms with Crippen molar-refractivity contribution in [3.05, 3.63) is 83.2 Å². The molecule has 2 aromatic carbocycles. The summed E-state index contributed by atoms with van der Waals surface area (Å²) in [4.78, 5) is 29.8. The molecule has 4 aliphatic rings. The molecule has 1 saturated carbocycles. The number of hydrogen-bond donors (Lipinski definition) is 0. The lowest BCUT2D eigenvalue weighted by molar-refractivity contribution is -0.177. The fourth-order valence-corrected chi connectivity index (χ4v) is 7.72. The maximum Gasteiger partial charge on any atom is 0.422 e. The van der Waals surface area contributed by atoms with E-state index in [-0.39, 0.29) is 48.1 Å². The standard InChI is InChI=1S/C37H44F3N5O4/c1-3-36(22-48-23-36)35(46)44-16-17-45-28(19-44)18-43(21-30(45)31(25-10-6-4-7-11-25)26-12-8-5-9-13-26)20-29-33(47-2)41-32(27-14-15-27)42-34(29)49-24-37(38,39)40/h4-13,27-28,30-31H,3,14-24H2,1-2H3/t28-,30+/m1/s1. The van der Waals surface area contributed by atoms with Gasteiger partial charge in [0.1, 0.15) is 5.82 Å². The molecule has 2 atom stereocenters. The lowest BCUT2D eigenvalue weighted by Gasteiger charge is -2.55. The van der Waals surface area contributed by atoms with Gasteiger partial charge in [-0.25, -0.2) is 0 Å². The van der Waals surface area contributed by atoms with E-state index in [0.29, 0.717) is 57.3 Å². The Labute approximate surface area is 285 Å². The maximum absolute atomic E-state index is 13.9. The minimum atomic E-state index is -4.52. The van der Waals surface area contributed by atoms with Crippen LogP contribution in [0.3, 0.4) is 0 Å². The maximum atomic E-state index is 13.9. The summed E-state index contributed by atoms with van der Waals surface area (Å²) >= 11 is 0. The zero-order valence-electron chi connectivity index (χ0n) is 28.1. The molecule has 262 valence electrons. The zero-order chi connectivity index (χ0) is 34.2. The van der Waals surface area contributed by atoms with Crippen molar-refractivity contribution in [2.45, 2.75) is 62.8 Å². The largest absolute Gasteiger partial charge is 0.481 e. The first kappa shape index (κ1) is 33.7. The van der Waals surface area contributed by atoms with Crippen LogP contribution in [0.1, 0.15) is 60.5 Å². The van der Waals surface area contributed by atoms with E-state index in [9.17, 15) is 18.0 Å². The van der Waals surface area contributed by atoms with Crippen molar-refractivity contribution in [2.24, 2.45) is 5.41 Å². The summed E-state index contributed by atoms with van der Waals surface area (Å²) in [5, 5.41) is 0. The van der Waals surface area contributed by atoms with E-state index in [1.54, 1.807) is 0 Å². The highest BCUT2D eigenvalue weighted by atomic mass is 19.4. The van der Waals surface area contributed by atoms with Crippen molar-refractivity contribution >= 4 is 5.91 Å². The molecule has 0 spiro atoms.